The molecule has 2 N–H and O–H groups in total. The Morgan fingerprint density at radius 2 is 1.45 bits per heavy atom. The highest BCUT2D eigenvalue weighted by molar-refractivity contribution is 8.13. The molecule has 0 radical (unpaired) electrons. The first-order chi connectivity index (χ1) is 18.3. The third kappa shape index (κ3) is 5.97. The Morgan fingerprint density at radius 3 is 2.05 bits per heavy atom. The summed E-state index contributed by atoms with van der Waals surface area (Å²) in [6.45, 7) is 5.31. The lowest BCUT2D eigenvalue weighted by Crippen LogP contribution is -2.52. The van der Waals surface area contributed by atoms with Crippen LogP contribution in [-0.2, 0) is 14.3 Å². The van der Waals surface area contributed by atoms with Crippen molar-refractivity contribution in [2.75, 3.05) is 6.61 Å². The van der Waals surface area contributed by atoms with Crippen molar-refractivity contribution in [2.45, 2.75) is 43.7 Å². The Bertz CT molecular complexity index is 1310. The maximum absolute atomic E-state index is 13.0. The van der Waals surface area contributed by atoms with E-state index in [1.807, 2.05) is 36.4 Å². The molecule has 2 atom stereocenters. The number of alkyl carbamates (subject to hydrolysis) is 1. The fourth-order valence-corrected chi connectivity index (χ4v) is 5.36. The number of carbonyl (C=O) groups excluding carboxylic acids is 4. The summed E-state index contributed by atoms with van der Waals surface area (Å²) >= 11 is 0.893. The molecule has 38 heavy (non-hydrogen) atoms. The quantitative estimate of drug-likeness (QED) is 0.292. The van der Waals surface area contributed by atoms with Gasteiger partial charge < -0.3 is 15.4 Å². The van der Waals surface area contributed by atoms with Crippen LogP contribution in [0.4, 0.5) is 4.79 Å². The van der Waals surface area contributed by atoms with E-state index in [4.69, 9.17) is 4.74 Å². The lowest BCUT2D eigenvalue weighted by atomic mass is 9.98. The molecule has 4 rings (SSSR count). The van der Waals surface area contributed by atoms with E-state index < -0.39 is 24.1 Å². The summed E-state index contributed by atoms with van der Waals surface area (Å²) in [7, 11) is 0. The Morgan fingerprint density at radius 1 is 0.868 bits per heavy atom. The highest BCUT2D eigenvalue weighted by Gasteiger charge is 2.31. The van der Waals surface area contributed by atoms with Gasteiger partial charge in [0.2, 0.25) is 11.0 Å². The van der Waals surface area contributed by atoms with Gasteiger partial charge in [-0.05, 0) is 52.9 Å². The van der Waals surface area contributed by atoms with Gasteiger partial charge in [-0.15, -0.1) is 0 Å². The van der Waals surface area contributed by atoms with Crippen molar-refractivity contribution in [3.63, 3.8) is 0 Å². The molecule has 0 fully saturated rings. The number of rotatable bonds is 9. The average Bonchev–Trinajstić information content (AvgIpc) is 3.24. The lowest BCUT2D eigenvalue weighted by Gasteiger charge is -2.24. The van der Waals surface area contributed by atoms with Crippen molar-refractivity contribution >= 4 is 35.2 Å². The molecule has 1 aliphatic rings. The van der Waals surface area contributed by atoms with Gasteiger partial charge in [0.1, 0.15) is 12.6 Å². The van der Waals surface area contributed by atoms with Gasteiger partial charge in [0.25, 0.3) is 0 Å². The van der Waals surface area contributed by atoms with E-state index in [2.05, 4.69) is 22.8 Å². The van der Waals surface area contributed by atoms with Gasteiger partial charge in [0, 0.05) is 16.4 Å². The molecule has 0 aliphatic heterocycles. The number of benzene rings is 3. The second-order valence-electron chi connectivity index (χ2n) is 9.50. The molecule has 0 aromatic heterocycles. The third-order valence-corrected chi connectivity index (χ3v) is 7.68. The standard InChI is InChI=1S/C30H30N2O5S/c1-18(2)27(28(34)31-19(3)29(35)38-26-15-9-4-10-20(26)16-33)32-30(36)37-17-25-23-13-7-5-11-21(23)22-12-6-8-14-24(22)25/h4-16,18-19,25,27H,17H2,1-3H3,(H,31,34)(H,32,36)/t19-,27-/m0/s1. The Hall–Kier alpha value is -3.91. The fourth-order valence-electron chi connectivity index (χ4n) is 4.53. The van der Waals surface area contributed by atoms with Crippen LogP contribution in [0.15, 0.2) is 77.7 Å². The van der Waals surface area contributed by atoms with Gasteiger partial charge in [-0.1, -0.05) is 80.6 Å². The van der Waals surface area contributed by atoms with Crippen molar-refractivity contribution < 1.29 is 23.9 Å². The van der Waals surface area contributed by atoms with Gasteiger partial charge in [-0.25, -0.2) is 4.79 Å². The summed E-state index contributed by atoms with van der Waals surface area (Å²) in [6, 6.07) is 21.1. The molecular formula is C30H30N2O5S. The van der Waals surface area contributed by atoms with Gasteiger partial charge >= 0.3 is 6.09 Å². The largest absolute Gasteiger partial charge is 0.449 e. The van der Waals surface area contributed by atoms with Crippen LogP contribution in [0.5, 0.6) is 0 Å². The summed E-state index contributed by atoms with van der Waals surface area (Å²) in [6.07, 6.45) is -0.0136. The molecule has 1 aliphatic carbocycles. The van der Waals surface area contributed by atoms with E-state index in [-0.39, 0.29) is 23.6 Å². The molecule has 3 aromatic carbocycles. The molecule has 196 valence electrons. The predicted molar refractivity (Wildman–Crippen MR) is 147 cm³/mol. The van der Waals surface area contributed by atoms with Gasteiger partial charge in [-0.2, -0.15) is 0 Å². The third-order valence-electron chi connectivity index (χ3n) is 6.54. The number of carbonyl (C=O) groups is 4. The lowest BCUT2D eigenvalue weighted by molar-refractivity contribution is -0.126. The van der Waals surface area contributed by atoms with E-state index in [9.17, 15) is 19.2 Å². The topological polar surface area (TPSA) is 102 Å². The molecular weight excluding hydrogens is 500 g/mol. The zero-order valence-corrected chi connectivity index (χ0v) is 22.3. The molecule has 0 bridgehead atoms. The first-order valence-corrected chi connectivity index (χ1v) is 13.3. The van der Waals surface area contributed by atoms with E-state index in [1.165, 1.54) is 0 Å². The normalized spacial score (nSPS) is 13.7. The summed E-state index contributed by atoms with van der Waals surface area (Å²) in [5, 5.41) is 5.02. The molecule has 0 saturated heterocycles. The van der Waals surface area contributed by atoms with Crippen molar-refractivity contribution in [3.8, 4) is 11.1 Å². The van der Waals surface area contributed by atoms with Crippen molar-refractivity contribution in [2.24, 2.45) is 5.92 Å². The number of nitrogens with one attached hydrogen (secondary N) is 2. The van der Waals surface area contributed by atoms with Crippen LogP contribution in [0.25, 0.3) is 11.1 Å². The van der Waals surface area contributed by atoms with Gasteiger partial charge in [-0.3, -0.25) is 14.4 Å². The van der Waals surface area contributed by atoms with Crippen molar-refractivity contribution in [3.05, 3.63) is 89.5 Å². The smallest absolute Gasteiger partial charge is 0.407 e. The second kappa shape index (κ2) is 12.1. The zero-order valence-electron chi connectivity index (χ0n) is 21.5. The van der Waals surface area contributed by atoms with Crippen LogP contribution in [0.2, 0.25) is 0 Å². The van der Waals surface area contributed by atoms with Crippen LogP contribution in [0, 0.1) is 5.92 Å². The molecule has 7 nitrogen and oxygen atoms in total. The van der Waals surface area contributed by atoms with E-state index in [1.54, 1.807) is 45.0 Å². The number of hydrogen-bond donors (Lipinski definition) is 2. The minimum atomic E-state index is -0.895. The summed E-state index contributed by atoms with van der Waals surface area (Å²) in [5.74, 6) is -0.830. The first-order valence-electron chi connectivity index (χ1n) is 12.5. The molecule has 0 heterocycles. The molecule has 3 aromatic rings. The Kier molecular flexibility index (Phi) is 8.63. The van der Waals surface area contributed by atoms with E-state index in [0.717, 1.165) is 34.0 Å². The number of ether oxygens (including phenoxy) is 1. The summed E-state index contributed by atoms with van der Waals surface area (Å²) < 4.78 is 5.59. The number of aldehydes is 1. The minimum absolute atomic E-state index is 0.0941. The van der Waals surface area contributed by atoms with Crippen LogP contribution in [-0.4, -0.2) is 42.1 Å². The Balaban J connectivity index is 1.35. The fraction of sp³-hybridized carbons (Fsp3) is 0.267. The van der Waals surface area contributed by atoms with Crippen molar-refractivity contribution in [1.82, 2.24) is 10.6 Å². The number of thioether (sulfide) groups is 1. The molecule has 2 amide bonds. The van der Waals surface area contributed by atoms with Gasteiger partial charge in [0.05, 0.1) is 6.04 Å². The van der Waals surface area contributed by atoms with Crippen LogP contribution < -0.4 is 10.6 Å². The van der Waals surface area contributed by atoms with E-state index in [0.29, 0.717) is 16.7 Å². The predicted octanol–water partition coefficient (Wildman–Crippen LogP) is 5.19. The number of amides is 2. The monoisotopic (exact) mass is 530 g/mol. The maximum atomic E-state index is 13.0. The molecule has 0 spiro atoms. The highest BCUT2D eigenvalue weighted by Crippen LogP contribution is 2.44. The Labute approximate surface area is 226 Å². The molecule has 0 saturated carbocycles. The van der Waals surface area contributed by atoms with Gasteiger partial charge in [0.15, 0.2) is 6.29 Å². The van der Waals surface area contributed by atoms with Crippen molar-refractivity contribution in [1.29, 1.82) is 0 Å². The van der Waals surface area contributed by atoms with Crippen LogP contribution in [0.1, 0.15) is 48.2 Å². The maximum Gasteiger partial charge on any atom is 0.407 e. The molecule has 0 unspecified atom stereocenters. The number of fused-ring (bicyclic) bond motifs is 3. The van der Waals surface area contributed by atoms with E-state index >= 15 is 0 Å². The average molecular weight is 531 g/mol. The second-order valence-corrected chi connectivity index (χ2v) is 10.5. The molecule has 8 heteroatoms. The summed E-state index contributed by atoms with van der Waals surface area (Å²) in [4.78, 5) is 50.2. The zero-order chi connectivity index (χ0) is 27.2. The SMILES string of the molecule is CC(C)[C@H](NC(=O)OCC1c2ccccc2-c2ccccc21)C(=O)N[C@@H](C)C(=O)Sc1ccccc1C=O. The highest BCUT2D eigenvalue weighted by atomic mass is 32.2. The van der Waals surface area contributed by atoms with Crippen LogP contribution in [0.3, 0.4) is 0 Å². The first kappa shape index (κ1) is 27.1. The minimum Gasteiger partial charge on any atom is -0.449 e. The summed E-state index contributed by atoms with van der Waals surface area (Å²) in [5.41, 5.74) is 4.86. The van der Waals surface area contributed by atoms with Crippen LogP contribution >= 0.6 is 11.8 Å². The number of hydrogen-bond acceptors (Lipinski definition) is 6.